The van der Waals surface area contributed by atoms with Gasteiger partial charge in [0.25, 0.3) is 0 Å². The van der Waals surface area contributed by atoms with Crippen LogP contribution in [-0.2, 0) is 7.05 Å². The van der Waals surface area contributed by atoms with Gasteiger partial charge in [0.2, 0.25) is 0 Å². The summed E-state index contributed by atoms with van der Waals surface area (Å²) >= 11 is 0. The van der Waals surface area contributed by atoms with Crippen LogP contribution in [0.3, 0.4) is 0 Å². The van der Waals surface area contributed by atoms with E-state index in [0.717, 1.165) is 17.0 Å². The van der Waals surface area contributed by atoms with Crippen molar-refractivity contribution in [3.05, 3.63) is 23.0 Å². The summed E-state index contributed by atoms with van der Waals surface area (Å²) in [5, 5.41) is 0. The number of carbonyl (C=O) groups is 1. The van der Waals surface area contributed by atoms with E-state index in [1.807, 2.05) is 27.0 Å². The Morgan fingerprint density at radius 1 is 1.43 bits per heavy atom. The van der Waals surface area contributed by atoms with Crippen molar-refractivity contribution in [3.8, 4) is 0 Å². The van der Waals surface area contributed by atoms with Crippen molar-refractivity contribution in [2.24, 2.45) is 13.0 Å². The first-order chi connectivity index (χ1) is 6.43. The molecule has 0 bridgehead atoms. The number of nitrogens with zero attached hydrogens (tertiary/aromatic N) is 1. The van der Waals surface area contributed by atoms with Crippen LogP contribution in [0.4, 0.5) is 0 Å². The second-order valence-electron chi connectivity index (χ2n) is 4.36. The summed E-state index contributed by atoms with van der Waals surface area (Å²) in [4.78, 5) is 11.8. The number of hydrogen-bond donors (Lipinski definition) is 0. The van der Waals surface area contributed by atoms with Gasteiger partial charge in [0, 0.05) is 30.4 Å². The first kappa shape index (κ1) is 11.0. The van der Waals surface area contributed by atoms with Gasteiger partial charge in [-0.15, -0.1) is 0 Å². The van der Waals surface area contributed by atoms with E-state index in [9.17, 15) is 4.79 Å². The molecular weight excluding hydrogens is 174 g/mol. The third kappa shape index (κ3) is 2.06. The van der Waals surface area contributed by atoms with Gasteiger partial charge in [0.05, 0.1) is 0 Å². The molecule has 0 N–H and O–H groups in total. The van der Waals surface area contributed by atoms with Gasteiger partial charge in [-0.3, -0.25) is 4.79 Å². The van der Waals surface area contributed by atoms with E-state index >= 15 is 0 Å². The summed E-state index contributed by atoms with van der Waals surface area (Å²) in [7, 11) is 2.00. The summed E-state index contributed by atoms with van der Waals surface area (Å²) in [6.45, 7) is 8.17. The average molecular weight is 193 g/mol. The molecule has 78 valence electrons. The minimum atomic E-state index is 0.265. The summed E-state index contributed by atoms with van der Waals surface area (Å²) in [6, 6.07) is 1.99. The Kier molecular flexibility index (Phi) is 3.14. The van der Waals surface area contributed by atoms with E-state index in [4.69, 9.17) is 0 Å². The van der Waals surface area contributed by atoms with Gasteiger partial charge in [0.15, 0.2) is 5.78 Å². The second-order valence-corrected chi connectivity index (χ2v) is 4.36. The third-order valence-corrected chi connectivity index (χ3v) is 2.67. The molecule has 0 aromatic carbocycles. The SMILES string of the molecule is Cc1cc(C(=O)CC(C)C)c(C)n1C. The van der Waals surface area contributed by atoms with Gasteiger partial charge >= 0.3 is 0 Å². The number of rotatable bonds is 3. The average Bonchev–Trinajstić information content (AvgIpc) is 2.32. The molecule has 1 aromatic heterocycles. The Hall–Kier alpha value is -1.05. The van der Waals surface area contributed by atoms with Crippen molar-refractivity contribution in [2.45, 2.75) is 34.1 Å². The molecule has 0 aliphatic heterocycles. The lowest BCUT2D eigenvalue weighted by Crippen LogP contribution is -2.05. The van der Waals surface area contributed by atoms with Crippen LogP contribution in [0.1, 0.15) is 42.0 Å². The number of aromatic nitrogens is 1. The maximum Gasteiger partial charge on any atom is 0.164 e. The Morgan fingerprint density at radius 3 is 2.36 bits per heavy atom. The highest BCUT2D eigenvalue weighted by molar-refractivity contribution is 5.97. The first-order valence-electron chi connectivity index (χ1n) is 5.09. The summed E-state index contributed by atoms with van der Waals surface area (Å²) in [5.74, 6) is 0.698. The Balaban J connectivity index is 2.96. The predicted molar refractivity (Wildman–Crippen MR) is 58.7 cm³/mol. The van der Waals surface area contributed by atoms with Crippen LogP contribution in [-0.4, -0.2) is 10.4 Å². The van der Waals surface area contributed by atoms with Gasteiger partial charge in [-0.2, -0.15) is 0 Å². The number of ketones is 1. The van der Waals surface area contributed by atoms with Crippen molar-refractivity contribution < 1.29 is 4.79 Å². The molecule has 0 saturated heterocycles. The molecule has 14 heavy (non-hydrogen) atoms. The Labute approximate surface area is 85.9 Å². The van der Waals surface area contributed by atoms with Crippen molar-refractivity contribution in [2.75, 3.05) is 0 Å². The van der Waals surface area contributed by atoms with Gasteiger partial charge in [0.1, 0.15) is 0 Å². The van der Waals surface area contributed by atoms with Crippen LogP contribution < -0.4 is 0 Å². The zero-order chi connectivity index (χ0) is 10.9. The largest absolute Gasteiger partial charge is 0.351 e. The number of aryl methyl sites for hydroxylation is 1. The molecule has 0 unspecified atom stereocenters. The lowest BCUT2D eigenvalue weighted by molar-refractivity contribution is 0.0967. The molecule has 0 spiro atoms. The number of carbonyl (C=O) groups excluding carboxylic acids is 1. The maximum atomic E-state index is 11.8. The smallest absolute Gasteiger partial charge is 0.164 e. The predicted octanol–water partition coefficient (Wildman–Crippen LogP) is 2.87. The zero-order valence-electron chi connectivity index (χ0n) is 9.72. The third-order valence-electron chi connectivity index (χ3n) is 2.67. The van der Waals surface area contributed by atoms with E-state index in [1.165, 1.54) is 0 Å². The van der Waals surface area contributed by atoms with Gasteiger partial charge in [-0.25, -0.2) is 0 Å². The molecule has 2 heteroatoms. The molecule has 0 atom stereocenters. The molecule has 1 heterocycles. The fourth-order valence-electron chi connectivity index (χ4n) is 1.62. The van der Waals surface area contributed by atoms with Crippen LogP contribution >= 0.6 is 0 Å². The van der Waals surface area contributed by atoms with Crippen molar-refractivity contribution in [1.29, 1.82) is 0 Å². The molecular formula is C12H19NO. The quantitative estimate of drug-likeness (QED) is 0.676. The molecule has 0 saturated carbocycles. The van der Waals surface area contributed by atoms with Gasteiger partial charge < -0.3 is 4.57 Å². The molecule has 0 amide bonds. The van der Waals surface area contributed by atoms with Crippen LogP contribution in [0.25, 0.3) is 0 Å². The van der Waals surface area contributed by atoms with Crippen LogP contribution in [0, 0.1) is 19.8 Å². The highest BCUT2D eigenvalue weighted by Crippen LogP contribution is 2.17. The highest BCUT2D eigenvalue weighted by Gasteiger charge is 2.14. The molecule has 0 fully saturated rings. The minimum Gasteiger partial charge on any atom is -0.351 e. The standard InChI is InChI=1S/C12H19NO/c1-8(2)6-12(14)11-7-9(3)13(5)10(11)4/h7-8H,6H2,1-5H3. The van der Waals surface area contributed by atoms with E-state index < -0.39 is 0 Å². The summed E-state index contributed by atoms with van der Waals surface area (Å²) in [5.41, 5.74) is 3.11. The van der Waals surface area contributed by atoms with Crippen LogP contribution in [0.5, 0.6) is 0 Å². The lowest BCUT2D eigenvalue weighted by atomic mass is 10.0. The topological polar surface area (TPSA) is 22.0 Å². The molecule has 1 aromatic rings. The first-order valence-corrected chi connectivity index (χ1v) is 5.09. The molecule has 0 aliphatic carbocycles. The number of Topliss-reactive ketones (excluding diaryl/α,β-unsaturated/α-hetero) is 1. The van der Waals surface area contributed by atoms with E-state index in [1.54, 1.807) is 0 Å². The lowest BCUT2D eigenvalue weighted by Gasteiger charge is -2.04. The summed E-state index contributed by atoms with van der Waals surface area (Å²) in [6.07, 6.45) is 0.643. The monoisotopic (exact) mass is 193 g/mol. The van der Waals surface area contributed by atoms with Crippen LogP contribution in [0.15, 0.2) is 6.07 Å². The van der Waals surface area contributed by atoms with Gasteiger partial charge in [-0.1, -0.05) is 13.8 Å². The normalized spacial score (nSPS) is 11.0. The van der Waals surface area contributed by atoms with Crippen molar-refractivity contribution in [3.63, 3.8) is 0 Å². The second kappa shape index (κ2) is 3.99. The van der Waals surface area contributed by atoms with Crippen LogP contribution in [0.2, 0.25) is 0 Å². The molecule has 1 rings (SSSR count). The van der Waals surface area contributed by atoms with Crippen molar-refractivity contribution >= 4 is 5.78 Å². The van der Waals surface area contributed by atoms with E-state index in [0.29, 0.717) is 12.3 Å². The fraction of sp³-hybridized carbons (Fsp3) is 0.583. The maximum absolute atomic E-state index is 11.8. The van der Waals surface area contributed by atoms with E-state index in [2.05, 4.69) is 18.4 Å². The molecule has 2 nitrogen and oxygen atoms in total. The number of hydrogen-bond acceptors (Lipinski definition) is 1. The fourth-order valence-corrected chi connectivity index (χ4v) is 1.62. The molecule has 0 aliphatic rings. The molecule has 0 radical (unpaired) electrons. The zero-order valence-corrected chi connectivity index (χ0v) is 9.72. The summed E-state index contributed by atoms with van der Waals surface area (Å²) < 4.78 is 2.06. The van der Waals surface area contributed by atoms with Gasteiger partial charge in [-0.05, 0) is 25.8 Å². The van der Waals surface area contributed by atoms with Crippen molar-refractivity contribution in [1.82, 2.24) is 4.57 Å². The minimum absolute atomic E-state index is 0.265. The highest BCUT2D eigenvalue weighted by atomic mass is 16.1. The Morgan fingerprint density at radius 2 is 2.00 bits per heavy atom. The Bertz CT molecular complexity index is 347. The van der Waals surface area contributed by atoms with E-state index in [-0.39, 0.29) is 5.78 Å².